The Kier molecular flexibility index (Phi) is 8.20. The highest BCUT2D eigenvalue weighted by Crippen LogP contribution is 2.31. The molecule has 0 spiro atoms. The van der Waals surface area contributed by atoms with Gasteiger partial charge in [0, 0.05) is 18.7 Å². The van der Waals surface area contributed by atoms with E-state index in [0.29, 0.717) is 15.8 Å². The minimum absolute atomic E-state index is 0.00502. The van der Waals surface area contributed by atoms with Gasteiger partial charge in [0.25, 0.3) is 5.91 Å². The number of sulfonamides is 1. The summed E-state index contributed by atoms with van der Waals surface area (Å²) in [4.78, 5) is 17.9. The van der Waals surface area contributed by atoms with Crippen molar-refractivity contribution >= 4 is 48.8 Å². The van der Waals surface area contributed by atoms with Gasteiger partial charge in [-0.25, -0.2) is 22.2 Å². The third-order valence-electron chi connectivity index (χ3n) is 5.31. The topological polar surface area (TPSA) is 82.9 Å². The van der Waals surface area contributed by atoms with Crippen LogP contribution >= 0.6 is 11.3 Å². The van der Waals surface area contributed by atoms with Crippen LogP contribution in [0.25, 0.3) is 10.2 Å². The zero-order valence-corrected chi connectivity index (χ0v) is 21.6. The first-order chi connectivity index (χ1) is 18.2. The number of fused-ring (bicyclic) bond motifs is 1. The van der Waals surface area contributed by atoms with Crippen molar-refractivity contribution in [3.63, 3.8) is 0 Å². The standard InChI is InChI=1S/C27H22F2N4O3S2/c1-3-15-32(16-4-2)38(35,36)23-12-7-20(8-13-23)26(34)33(30-18-19-5-9-21(28)10-6-19)27-31-24-14-11-22(29)17-25(24)37-27/h3-14,17-18H,1-2,15-16H2/b30-18+. The summed E-state index contributed by atoms with van der Waals surface area (Å²) >= 11 is 1.06. The quantitative estimate of drug-likeness (QED) is 0.145. The summed E-state index contributed by atoms with van der Waals surface area (Å²) in [5.74, 6) is -1.46. The van der Waals surface area contributed by atoms with Crippen molar-refractivity contribution in [2.24, 2.45) is 5.10 Å². The van der Waals surface area contributed by atoms with Crippen molar-refractivity contribution in [1.82, 2.24) is 9.29 Å². The smallest absolute Gasteiger partial charge is 0.267 e. The number of hydrogen-bond donors (Lipinski definition) is 0. The number of thiazole rings is 1. The van der Waals surface area contributed by atoms with E-state index in [1.807, 2.05) is 0 Å². The Labute approximate surface area is 222 Å². The molecular weight excluding hydrogens is 530 g/mol. The maximum absolute atomic E-state index is 13.7. The Hall–Kier alpha value is -4.06. The summed E-state index contributed by atoms with van der Waals surface area (Å²) in [6, 6.07) is 15.0. The number of nitrogens with zero attached hydrogens (tertiary/aromatic N) is 4. The molecule has 0 aliphatic heterocycles. The second kappa shape index (κ2) is 11.5. The van der Waals surface area contributed by atoms with E-state index in [0.717, 1.165) is 16.3 Å². The number of aromatic nitrogens is 1. The average Bonchev–Trinajstić information content (AvgIpc) is 3.32. The molecule has 11 heteroatoms. The fourth-order valence-corrected chi connectivity index (χ4v) is 5.77. The van der Waals surface area contributed by atoms with Gasteiger partial charge in [-0.1, -0.05) is 35.6 Å². The van der Waals surface area contributed by atoms with Gasteiger partial charge < -0.3 is 0 Å². The molecule has 0 bridgehead atoms. The van der Waals surface area contributed by atoms with Crippen molar-refractivity contribution in [3.8, 4) is 0 Å². The number of carbonyl (C=O) groups excluding carboxylic acids is 1. The van der Waals surface area contributed by atoms with E-state index in [9.17, 15) is 22.0 Å². The van der Waals surface area contributed by atoms with Crippen molar-refractivity contribution in [3.05, 3.63) is 115 Å². The molecule has 0 aliphatic rings. The number of anilines is 1. The van der Waals surface area contributed by atoms with E-state index < -0.39 is 27.6 Å². The molecule has 4 aromatic rings. The van der Waals surface area contributed by atoms with Gasteiger partial charge in [0.05, 0.1) is 21.3 Å². The Balaban J connectivity index is 1.70. The highest BCUT2D eigenvalue weighted by atomic mass is 32.2. The maximum Gasteiger partial charge on any atom is 0.280 e. The van der Waals surface area contributed by atoms with Gasteiger partial charge in [0.15, 0.2) is 0 Å². The third kappa shape index (κ3) is 5.91. The van der Waals surface area contributed by atoms with Crippen LogP contribution < -0.4 is 5.01 Å². The molecule has 0 aliphatic carbocycles. The van der Waals surface area contributed by atoms with Crippen molar-refractivity contribution < 1.29 is 22.0 Å². The minimum atomic E-state index is -3.85. The average molecular weight is 553 g/mol. The molecule has 0 saturated carbocycles. The van der Waals surface area contributed by atoms with Gasteiger partial charge in [-0.2, -0.15) is 14.4 Å². The van der Waals surface area contributed by atoms with Crippen LogP contribution in [0.1, 0.15) is 15.9 Å². The van der Waals surface area contributed by atoms with Crippen molar-refractivity contribution in [1.29, 1.82) is 0 Å². The third-order valence-corrected chi connectivity index (χ3v) is 8.15. The Morgan fingerprint density at radius 3 is 2.21 bits per heavy atom. The monoisotopic (exact) mass is 552 g/mol. The number of hydrazone groups is 1. The summed E-state index contributed by atoms with van der Waals surface area (Å²) in [5, 5.41) is 5.49. The lowest BCUT2D eigenvalue weighted by Crippen LogP contribution is -2.31. The van der Waals surface area contributed by atoms with E-state index in [2.05, 4.69) is 23.2 Å². The molecule has 0 atom stereocenters. The first-order valence-electron chi connectivity index (χ1n) is 11.2. The summed E-state index contributed by atoms with van der Waals surface area (Å²) in [6.07, 6.45) is 4.31. The van der Waals surface area contributed by atoms with Gasteiger partial charge in [-0.05, 0) is 60.2 Å². The second-order valence-corrected chi connectivity index (χ2v) is 10.9. The molecule has 4 rings (SSSR count). The first-order valence-corrected chi connectivity index (χ1v) is 13.5. The lowest BCUT2D eigenvalue weighted by atomic mass is 10.2. The predicted molar refractivity (Wildman–Crippen MR) is 146 cm³/mol. The number of amides is 1. The van der Waals surface area contributed by atoms with Crippen LogP contribution in [0.2, 0.25) is 0 Å². The van der Waals surface area contributed by atoms with E-state index >= 15 is 0 Å². The van der Waals surface area contributed by atoms with Crippen LogP contribution in [0.3, 0.4) is 0 Å². The van der Waals surface area contributed by atoms with E-state index in [1.54, 1.807) is 0 Å². The SMILES string of the molecule is C=CCN(CC=C)S(=O)(=O)c1ccc(C(=O)N(/N=C/c2ccc(F)cc2)c2nc3ccc(F)cc3s2)cc1. The van der Waals surface area contributed by atoms with Crippen molar-refractivity contribution in [2.75, 3.05) is 18.1 Å². The zero-order valence-electron chi connectivity index (χ0n) is 20.0. The van der Waals surface area contributed by atoms with Gasteiger partial charge in [-0.15, -0.1) is 13.2 Å². The van der Waals surface area contributed by atoms with E-state index in [4.69, 9.17) is 0 Å². The normalized spacial score (nSPS) is 11.8. The lowest BCUT2D eigenvalue weighted by Gasteiger charge is -2.19. The molecule has 194 valence electrons. The molecule has 0 unspecified atom stereocenters. The Bertz CT molecular complexity index is 1610. The first kappa shape index (κ1) is 27.0. The molecule has 38 heavy (non-hydrogen) atoms. The lowest BCUT2D eigenvalue weighted by molar-refractivity contribution is 0.0987. The van der Waals surface area contributed by atoms with Crippen molar-refractivity contribution in [2.45, 2.75) is 4.90 Å². The van der Waals surface area contributed by atoms with Crippen LogP contribution in [-0.2, 0) is 10.0 Å². The number of halogens is 2. The molecule has 0 saturated heterocycles. The van der Waals surface area contributed by atoms with Gasteiger partial charge in [0.2, 0.25) is 15.2 Å². The fourth-order valence-electron chi connectivity index (χ4n) is 3.44. The number of carbonyl (C=O) groups is 1. The zero-order chi connectivity index (χ0) is 27.3. The van der Waals surface area contributed by atoms with E-state index in [1.165, 1.54) is 89.4 Å². The van der Waals surface area contributed by atoms with Crippen LogP contribution in [0, 0.1) is 11.6 Å². The Morgan fingerprint density at radius 1 is 0.947 bits per heavy atom. The molecule has 1 aromatic heterocycles. The molecule has 1 amide bonds. The molecule has 7 nitrogen and oxygen atoms in total. The summed E-state index contributed by atoms with van der Waals surface area (Å²) in [5.41, 5.74) is 1.15. The van der Waals surface area contributed by atoms with Crippen LogP contribution in [0.5, 0.6) is 0 Å². The highest BCUT2D eigenvalue weighted by molar-refractivity contribution is 7.89. The minimum Gasteiger partial charge on any atom is -0.267 e. The van der Waals surface area contributed by atoms with Crippen LogP contribution in [0.4, 0.5) is 13.9 Å². The maximum atomic E-state index is 13.7. The van der Waals surface area contributed by atoms with Gasteiger partial charge in [-0.3, -0.25) is 4.79 Å². The van der Waals surface area contributed by atoms with E-state index in [-0.39, 0.29) is 28.7 Å². The summed E-state index contributed by atoms with van der Waals surface area (Å²) < 4.78 is 54.8. The Morgan fingerprint density at radius 2 is 1.58 bits per heavy atom. The molecule has 0 radical (unpaired) electrons. The summed E-state index contributed by atoms with van der Waals surface area (Å²) in [6.45, 7) is 7.38. The highest BCUT2D eigenvalue weighted by Gasteiger charge is 2.25. The summed E-state index contributed by atoms with van der Waals surface area (Å²) in [7, 11) is -3.85. The second-order valence-electron chi connectivity index (χ2n) is 7.95. The fraction of sp³-hybridized carbons (Fsp3) is 0.0741. The van der Waals surface area contributed by atoms with Crippen LogP contribution in [0.15, 0.2) is 102 Å². The molecule has 0 fully saturated rings. The van der Waals surface area contributed by atoms with Crippen LogP contribution in [-0.4, -0.2) is 42.9 Å². The van der Waals surface area contributed by atoms with Gasteiger partial charge >= 0.3 is 0 Å². The van der Waals surface area contributed by atoms with Gasteiger partial charge in [0.1, 0.15) is 11.6 Å². The number of benzene rings is 3. The molecule has 0 N–H and O–H groups in total. The predicted octanol–water partition coefficient (Wildman–Crippen LogP) is 5.62. The number of rotatable bonds is 10. The molecular formula is C27H22F2N4O3S2. The largest absolute Gasteiger partial charge is 0.280 e. The molecule has 1 heterocycles. The number of hydrogen-bond acceptors (Lipinski definition) is 6. The molecule has 3 aromatic carbocycles.